The highest BCUT2D eigenvalue weighted by Gasteiger charge is 2.18. The first-order valence-electron chi connectivity index (χ1n) is 8.97. The van der Waals surface area contributed by atoms with Crippen LogP contribution in [0.15, 0.2) is 46.7 Å². The van der Waals surface area contributed by atoms with Crippen LogP contribution in [0.5, 0.6) is 0 Å². The van der Waals surface area contributed by atoms with E-state index in [-0.39, 0.29) is 23.4 Å². The molecule has 1 fully saturated rings. The van der Waals surface area contributed by atoms with Crippen molar-refractivity contribution in [1.29, 1.82) is 0 Å². The first-order valence-corrected chi connectivity index (χ1v) is 11.3. The minimum absolute atomic E-state index is 0.132. The monoisotopic (exact) mass is 392 g/mol. The lowest BCUT2D eigenvalue weighted by Crippen LogP contribution is -2.34. The molecule has 1 heterocycles. The number of thiophene rings is 1. The van der Waals surface area contributed by atoms with Gasteiger partial charge in [0.15, 0.2) is 0 Å². The van der Waals surface area contributed by atoms with Crippen molar-refractivity contribution in [3.63, 3.8) is 0 Å². The van der Waals surface area contributed by atoms with Gasteiger partial charge in [0.05, 0.1) is 4.90 Å². The van der Waals surface area contributed by atoms with Gasteiger partial charge in [-0.25, -0.2) is 13.1 Å². The average molecular weight is 393 g/mol. The van der Waals surface area contributed by atoms with Crippen molar-refractivity contribution in [1.82, 2.24) is 10.0 Å². The lowest BCUT2D eigenvalue weighted by atomic mass is 10.1. The molecule has 0 aliphatic heterocycles. The SMILES string of the molecule is O=C(NC1CCCCCC1)c1ccc(S(=O)(=O)NCc2cccs2)cc1. The molecule has 0 unspecified atom stereocenters. The second-order valence-electron chi connectivity index (χ2n) is 6.59. The molecule has 1 aliphatic carbocycles. The summed E-state index contributed by atoms with van der Waals surface area (Å²) in [6.07, 6.45) is 6.81. The Labute approximate surface area is 158 Å². The second kappa shape index (κ2) is 8.79. The fraction of sp³-hybridized carbons (Fsp3) is 0.421. The number of benzene rings is 1. The summed E-state index contributed by atoms with van der Waals surface area (Å²) in [4.78, 5) is 13.5. The van der Waals surface area contributed by atoms with E-state index < -0.39 is 10.0 Å². The van der Waals surface area contributed by atoms with Gasteiger partial charge in [-0.15, -0.1) is 11.3 Å². The van der Waals surface area contributed by atoms with Crippen LogP contribution in [0.25, 0.3) is 0 Å². The van der Waals surface area contributed by atoms with Crippen molar-refractivity contribution >= 4 is 27.3 Å². The van der Waals surface area contributed by atoms with Crippen LogP contribution in [0, 0.1) is 0 Å². The molecule has 2 aromatic rings. The van der Waals surface area contributed by atoms with E-state index in [4.69, 9.17) is 0 Å². The topological polar surface area (TPSA) is 75.3 Å². The van der Waals surface area contributed by atoms with Gasteiger partial charge in [0.1, 0.15) is 0 Å². The highest BCUT2D eigenvalue weighted by atomic mass is 32.2. The Morgan fingerprint density at radius 1 is 1.04 bits per heavy atom. The molecule has 2 N–H and O–H groups in total. The minimum Gasteiger partial charge on any atom is -0.349 e. The molecule has 1 aromatic heterocycles. The van der Waals surface area contributed by atoms with E-state index in [1.807, 2.05) is 17.5 Å². The van der Waals surface area contributed by atoms with Gasteiger partial charge in [-0.1, -0.05) is 31.7 Å². The van der Waals surface area contributed by atoms with E-state index >= 15 is 0 Å². The molecule has 1 amide bonds. The summed E-state index contributed by atoms with van der Waals surface area (Å²) in [6.45, 7) is 0.268. The predicted octanol–water partition coefficient (Wildman–Crippen LogP) is 3.68. The third-order valence-corrected chi connectivity index (χ3v) is 6.93. The number of sulfonamides is 1. The molecule has 3 rings (SSSR count). The summed E-state index contributed by atoms with van der Waals surface area (Å²) in [5.41, 5.74) is 0.492. The van der Waals surface area contributed by atoms with Gasteiger partial charge in [-0.2, -0.15) is 0 Å². The molecule has 0 atom stereocenters. The van der Waals surface area contributed by atoms with E-state index in [0.717, 1.165) is 30.6 Å². The normalized spacial score (nSPS) is 16.2. The average Bonchev–Trinajstić information content (AvgIpc) is 3.04. The Kier molecular flexibility index (Phi) is 6.45. The molecule has 5 nitrogen and oxygen atoms in total. The lowest BCUT2D eigenvalue weighted by molar-refractivity contribution is 0.0933. The van der Waals surface area contributed by atoms with E-state index in [1.165, 1.54) is 36.3 Å². The highest BCUT2D eigenvalue weighted by Crippen LogP contribution is 2.18. The molecule has 26 heavy (non-hydrogen) atoms. The molecule has 7 heteroatoms. The van der Waals surface area contributed by atoms with Crippen LogP contribution in [0.1, 0.15) is 53.8 Å². The molecule has 0 spiro atoms. The molecular formula is C19H24N2O3S2. The number of carbonyl (C=O) groups is 1. The summed E-state index contributed by atoms with van der Waals surface area (Å²) in [5.74, 6) is -0.132. The Balaban J connectivity index is 1.60. The number of carbonyl (C=O) groups excluding carboxylic acids is 1. The van der Waals surface area contributed by atoms with E-state index in [0.29, 0.717) is 5.56 Å². The Bertz CT molecular complexity index is 807. The van der Waals surface area contributed by atoms with Crippen LogP contribution in [-0.2, 0) is 16.6 Å². The molecule has 1 aromatic carbocycles. The second-order valence-corrected chi connectivity index (χ2v) is 9.39. The molecular weight excluding hydrogens is 368 g/mol. The smallest absolute Gasteiger partial charge is 0.251 e. The highest BCUT2D eigenvalue weighted by molar-refractivity contribution is 7.89. The molecule has 0 bridgehead atoms. The zero-order valence-electron chi connectivity index (χ0n) is 14.6. The van der Waals surface area contributed by atoms with Crippen LogP contribution in [0.4, 0.5) is 0 Å². The molecule has 140 valence electrons. The Morgan fingerprint density at radius 3 is 2.35 bits per heavy atom. The first-order chi connectivity index (χ1) is 12.5. The van der Waals surface area contributed by atoms with E-state index in [1.54, 1.807) is 12.1 Å². The Hall–Kier alpha value is -1.70. The van der Waals surface area contributed by atoms with Gasteiger partial charge in [0.25, 0.3) is 5.91 Å². The fourth-order valence-electron chi connectivity index (χ4n) is 3.14. The van der Waals surface area contributed by atoms with E-state index in [2.05, 4.69) is 10.0 Å². The van der Waals surface area contributed by atoms with Gasteiger partial charge in [-0.05, 0) is 48.6 Å². The quantitative estimate of drug-likeness (QED) is 0.737. The van der Waals surface area contributed by atoms with Gasteiger partial charge < -0.3 is 5.32 Å². The van der Waals surface area contributed by atoms with Crippen LogP contribution in [0.2, 0.25) is 0 Å². The fourth-order valence-corrected chi connectivity index (χ4v) is 4.88. The summed E-state index contributed by atoms with van der Waals surface area (Å²) in [7, 11) is -3.59. The molecule has 1 aliphatic rings. The Morgan fingerprint density at radius 2 is 1.73 bits per heavy atom. The zero-order chi connectivity index (χ0) is 18.4. The molecule has 0 saturated heterocycles. The number of rotatable bonds is 6. The molecule has 0 radical (unpaired) electrons. The maximum Gasteiger partial charge on any atom is 0.251 e. The third kappa shape index (κ3) is 5.16. The summed E-state index contributed by atoms with van der Waals surface area (Å²) >= 11 is 1.50. The number of hydrogen-bond acceptors (Lipinski definition) is 4. The maximum atomic E-state index is 12.4. The van der Waals surface area contributed by atoms with Crippen LogP contribution >= 0.6 is 11.3 Å². The summed E-state index contributed by atoms with van der Waals surface area (Å²) in [6, 6.07) is 10.1. The minimum atomic E-state index is -3.59. The van der Waals surface area contributed by atoms with Crippen molar-refractivity contribution < 1.29 is 13.2 Å². The van der Waals surface area contributed by atoms with Crippen molar-refractivity contribution in [3.05, 3.63) is 52.2 Å². The van der Waals surface area contributed by atoms with Crippen LogP contribution < -0.4 is 10.0 Å². The first kappa shape index (κ1) is 19.1. The predicted molar refractivity (Wildman–Crippen MR) is 104 cm³/mol. The van der Waals surface area contributed by atoms with Crippen molar-refractivity contribution in [2.75, 3.05) is 0 Å². The van der Waals surface area contributed by atoms with Gasteiger partial charge >= 0.3 is 0 Å². The van der Waals surface area contributed by atoms with E-state index in [9.17, 15) is 13.2 Å². The third-order valence-electron chi connectivity index (χ3n) is 4.63. The lowest BCUT2D eigenvalue weighted by Gasteiger charge is -2.16. The maximum absolute atomic E-state index is 12.4. The van der Waals surface area contributed by atoms with Crippen molar-refractivity contribution in [2.45, 2.75) is 56.0 Å². The van der Waals surface area contributed by atoms with Gasteiger partial charge in [0.2, 0.25) is 10.0 Å². The van der Waals surface area contributed by atoms with Crippen LogP contribution in [-0.4, -0.2) is 20.4 Å². The van der Waals surface area contributed by atoms with Gasteiger partial charge in [0, 0.05) is 23.0 Å². The number of hydrogen-bond donors (Lipinski definition) is 2. The van der Waals surface area contributed by atoms with Gasteiger partial charge in [-0.3, -0.25) is 4.79 Å². The van der Waals surface area contributed by atoms with Crippen molar-refractivity contribution in [3.8, 4) is 0 Å². The molecule has 1 saturated carbocycles. The standard InChI is InChI=1S/C19H24N2O3S2/c22-19(21-16-6-3-1-2-4-7-16)15-9-11-18(12-10-15)26(23,24)20-14-17-8-5-13-25-17/h5,8-13,16,20H,1-4,6-7,14H2,(H,21,22). The summed E-state index contributed by atoms with van der Waals surface area (Å²) in [5, 5.41) is 4.98. The number of amides is 1. The zero-order valence-corrected chi connectivity index (χ0v) is 16.2. The summed E-state index contributed by atoms with van der Waals surface area (Å²) < 4.78 is 27.3. The largest absolute Gasteiger partial charge is 0.349 e. The number of nitrogens with one attached hydrogen (secondary N) is 2. The van der Waals surface area contributed by atoms with Crippen LogP contribution in [0.3, 0.4) is 0 Å². The van der Waals surface area contributed by atoms with Crippen molar-refractivity contribution in [2.24, 2.45) is 0 Å².